The summed E-state index contributed by atoms with van der Waals surface area (Å²) in [7, 11) is 0. The normalized spacial score (nSPS) is 50.3. The minimum Gasteiger partial charge on any atom is -0.411 e. The maximum absolute atomic E-state index is 8.99. The molecule has 0 saturated heterocycles. The van der Waals surface area contributed by atoms with Crippen molar-refractivity contribution in [3.05, 3.63) is 0 Å². The lowest BCUT2D eigenvalue weighted by Gasteiger charge is -2.38. The Kier molecular flexibility index (Phi) is 1.46. The number of nitrogens with zero attached hydrogens (tertiary/aromatic N) is 1. The fourth-order valence-electron chi connectivity index (χ4n) is 3.34. The molecule has 0 heterocycles. The van der Waals surface area contributed by atoms with E-state index < -0.39 is 0 Å². The van der Waals surface area contributed by atoms with Crippen LogP contribution in [0, 0.1) is 16.2 Å². The lowest BCUT2D eigenvalue weighted by molar-refractivity contribution is 0.111. The van der Waals surface area contributed by atoms with Crippen molar-refractivity contribution in [2.24, 2.45) is 21.4 Å². The Morgan fingerprint density at radius 3 is 2.00 bits per heavy atom. The lowest BCUT2D eigenvalue weighted by atomic mass is 9.66. The number of oxime groups is 1. The molecule has 2 rings (SSSR count). The van der Waals surface area contributed by atoms with Gasteiger partial charge in [-0.25, -0.2) is 0 Å². The minimum absolute atomic E-state index is 0.135. The van der Waals surface area contributed by atoms with E-state index in [4.69, 9.17) is 5.21 Å². The van der Waals surface area contributed by atoms with Gasteiger partial charge in [-0.3, -0.25) is 0 Å². The molecule has 0 aromatic carbocycles. The molecular formula is C11H19NO. The van der Waals surface area contributed by atoms with E-state index in [0.29, 0.717) is 5.41 Å². The zero-order chi connectivity index (χ0) is 9.91. The molecule has 2 atom stereocenters. The third-order valence-corrected chi connectivity index (χ3v) is 5.38. The van der Waals surface area contributed by atoms with Crippen LogP contribution >= 0.6 is 0 Å². The molecule has 0 aliphatic heterocycles. The highest BCUT2D eigenvalue weighted by Crippen LogP contribution is 2.70. The van der Waals surface area contributed by atoms with Crippen LogP contribution in [0.4, 0.5) is 0 Å². The first-order valence-corrected chi connectivity index (χ1v) is 5.09. The van der Waals surface area contributed by atoms with Crippen LogP contribution in [0.25, 0.3) is 0 Å². The molecule has 0 aromatic rings. The molecule has 2 nitrogen and oxygen atoms in total. The predicted molar refractivity (Wildman–Crippen MR) is 53.1 cm³/mol. The van der Waals surface area contributed by atoms with E-state index >= 15 is 0 Å². The molecule has 1 N–H and O–H groups in total. The molecule has 2 aliphatic rings. The quantitative estimate of drug-likeness (QED) is 0.452. The SMILES string of the molecule is CC12CCC(C)(/C(=N/O)C1)C2(C)C. The predicted octanol–water partition coefficient (Wildman–Crippen LogP) is 3.05. The standard InChI is InChI=1S/C11H19NO/c1-9(2)10(3)5-6-11(9,4)8(7-10)12-13/h13H,5-7H2,1-4H3/b12-8+. The van der Waals surface area contributed by atoms with Crippen LogP contribution in [0.2, 0.25) is 0 Å². The van der Waals surface area contributed by atoms with Gasteiger partial charge >= 0.3 is 0 Å². The van der Waals surface area contributed by atoms with E-state index in [0.717, 1.165) is 12.1 Å². The monoisotopic (exact) mass is 181 g/mol. The Balaban J connectivity index is 2.55. The highest BCUT2D eigenvalue weighted by atomic mass is 16.4. The summed E-state index contributed by atoms with van der Waals surface area (Å²) in [5.41, 5.74) is 1.78. The zero-order valence-electron chi connectivity index (χ0n) is 9.02. The summed E-state index contributed by atoms with van der Waals surface area (Å²) >= 11 is 0. The Labute approximate surface area is 80.0 Å². The third-order valence-electron chi connectivity index (χ3n) is 5.38. The summed E-state index contributed by atoms with van der Waals surface area (Å²) in [4.78, 5) is 0. The summed E-state index contributed by atoms with van der Waals surface area (Å²) in [6.45, 7) is 9.22. The summed E-state index contributed by atoms with van der Waals surface area (Å²) < 4.78 is 0. The molecule has 2 heteroatoms. The molecule has 2 unspecified atom stereocenters. The number of hydrogen-bond acceptors (Lipinski definition) is 2. The van der Waals surface area contributed by atoms with Gasteiger partial charge in [0.25, 0.3) is 0 Å². The summed E-state index contributed by atoms with van der Waals surface area (Å²) in [6.07, 6.45) is 3.43. The van der Waals surface area contributed by atoms with E-state index in [1.54, 1.807) is 0 Å². The van der Waals surface area contributed by atoms with Crippen molar-refractivity contribution in [3.8, 4) is 0 Å². The van der Waals surface area contributed by atoms with Crippen molar-refractivity contribution in [1.82, 2.24) is 0 Å². The van der Waals surface area contributed by atoms with Crippen molar-refractivity contribution < 1.29 is 5.21 Å². The minimum atomic E-state index is 0.135. The van der Waals surface area contributed by atoms with Gasteiger partial charge in [-0.2, -0.15) is 0 Å². The van der Waals surface area contributed by atoms with Gasteiger partial charge in [0.2, 0.25) is 0 Å². The van der Waals surface area contributed by atoms with E-state index in [2.05, 4.69) is 32.9 Å². The van der Waals surface area contributed by atoms with Gasteiger partial charge in [0.05, 0.1) is 5.71 Å². The summed E-state index contributed by atoms with van der Waals surface area (Å²) in [6, 6.07) is 0. The van der Waals surface area contributed by atoms with Gasteiger partial charge in [0, 0.05) is 5.41 Å². The second kappa shape index (κ2) is 2.10. The highest BCUT2D eigenvalue weighted by molar-refractivity contribution is 5.94. The van der Waals surface area contributed by atoms with E-state index in [9.17, 15) is 0 Å². The Morgan fingerprint density at radius 2 is 1.77 bits per heavy atom. The third kappa shape index (κ3) is 0.733. The molecule has 2 fully saturated rings. The van der Waals surface area contributed by atoms with E-state index in [-0.39, 0.29) is 10.8 Å². The van der Waals surface area contributed by atoms with Gasteiger partial charge < -0.3 is 5.21 Å². The first-order chi connectivity index (χ1) is 5.87. The average molecular weight is 181 g/mol. The zero-order valence-corrected chi connectivity index (χ0v) is 9.02. The fourth-order valence-corrected chi connectivity index (χ4v) is 3.34. The van der Waals surface area contributed by atoms with E-state index in [1.807, 2.05) is 0 Å². The van der Waals surface area contributed by atoms with Gasteiger partial charge in [-0.1, -0.05) is 32.9 Å². The molecule has 0 spiro atoms. The van der Waals surface area contributed by atoms with Gasteiger partial charge in [0.15, 0.2) is 0 Å². The number of fused-ring (bicyclic) bond motifs is 2. The van der Waals surface area contributed by atoms with Crippen LogP contribution in [0.1, 0.15) is 47.0 Å². The van der Waals surface area contributed by atoms with E-state index in [1.165, 1.54) is 12.8 Å². The molecule has 74 valence electrons. The first-order valence-electron chi connectivity index (χ1n) is 5.09. The van der Waals surface area contributed by atoms with Gasteiger partial charge in [-0.05, 0) is 30.1 Å². The molecule has 0 amide bonds. The van der Waals surface area contributed by atoms with Crippen LogP contribution in [0.5, 0.6) is 0 Å². The topological polar surface area (TPSA) is 32.6 Å². The Morgan fingerprint density at radius 1 is 1.15 bits per heavy atom. The van der Waals surface area contributed by atoms with Crippen molar-refractivity contribution in [2.45, 2.75) is 47.0 Å². The summed E-state index contributed by atoms with van der Waals surface area (Å²) in [5.74, 6) is 0. The fraction of sp³-hybridized carbons (Fsp3) is 0.909. The number of hydrogen-bond donors (Lipinski definition) is 1. The highest BCUT2D eigenvalue weighted by Gasteiger charge is 2.66. The van der Waals surface area contributed by atoms with Crippen LogP contribution in [0.3, 0.4) is 0 Å². The second-order valence-electron chi connectivity index (χ2n) is 5.74. The Bertz CT molecular complexity index is 282. The van der Waals surface area contributed by atoms with Gasteiger partial charge in [0.1, 0.15) is 0 Å². The second-order valence-corrected chi connectivity index (χ2v) is 5.74. The van der Waals surface area contributed by atoms with Crippen LogP contribution < -0.4 is 0 Å². The van der Waals surface area contributed by atoms with Crippen LogP contribution in [-0.2, 0) is 0 Å². The smallest absolute Gasteiger partial charge is 0.0640 e. The largest absolute Gasteiger partial charge is 0.411 e. The van der Waals surface area contributed by atoms with Crippen molar-refractivity contribution in [1.29, 1.82) is 0 Å². The molecule has 2 bridgehead atoms. The van der Waals surface area contributed by atoms with Crippen molar-refractivity contribution in [3.63, 3.8) is 0 Å². The first kappa shape index (κ1) is 9.04. The molecule has 0 aromatic heterocycles. The Hall–Kier alpha value is -0.530. The molecule has 2 aliphatic carbocycles. The average Bonchev–Trinajstić information content (AvgIpc) is 2.32. The molecule has 13 heavy (non-hydrogen) atoms. The van der Waals surface area contributed by atoms with Crippen LogP contribution in [-0.4, -0.2) is 10.9 Å². The molecule has 0 radical (unpaired) electrons. The molecular weight excluding hydrogens is 162 g/mol. The maximum Gasteiger partial charge on any atom is 0.0640 e. The summed E-state index contributed by atoms with van der Waals surface area (Å²) in [5, 5.41) is 12.5. The number of rotatable bonds is 0. The molecule has 2 saturated carbocycles. The maximum atomic E-state index is 8.99. The lowest BCUT2D eigenvalue weighted by Crippen LogP contribution is -2.34. The van der Waals surface area contributed by atoms with Crippen molar-refractivity contribution in [2.75, 3.05) is 0 Å². The van der Waals surface area contributed by atoms with Gasteiger partial charge in [-0.15, -0.1) is 0 Å². The van der Waals surface area contributed by atoms with Crippen molar-refractivity contribution >= 4 is 5.71 Å². The van der Waals surface area contributed by atoms with Crippen LogP contribution in [0.15, 0.2) is 5.16 Å².